The zero-order chi connectivity index (χ0) is 17.9. The molecule has 134 valence electrons. The summed E-state index contributed by atoms with van der Waals surface area (Å²) < 4.78 is 7.29. The maximum atomic E-state index is 12.5. The molecule has 1 aromatic carbocycles. The summed E-state index contributed by atoms with van der Waals surface area (Å²) in [6.07, 6.45) is 7.67. The number of hydrogen-bond acceptors (Lipinski definition) is 3. The van der Waals surface area contributed by atoms with Gasteiger partial charge in [0.05, 0.1) is 19.3 Å². The van der Waals surface area contributed by atoms with Crippen LogP contribution in [-0.4, -0.2) is 22.4 Å². The van der Waals surface area contributed by atoms with Crippen LogP contribution in [0.15, 0.2) is 48.8 Å². The Morgan fingerprint density at radius 3 is 3.12 bits per heavy atom. The average molecular weight is 349 g/mol. The van der Waals surface area contributed by atoms with Crippen molar-refractivity contribution >= 4 is 11.6 Å². The molecular weight excluding hydrogens is 326 g/mol. The van der Waals surface area contributed by atoms with E-state index in [-0.39, 0.29) is 11.8 Å². The van der Waals surface area contributed by atoms with Crippen LogP contribution in [-0.2, 0) is 17.8 Å². The van der Waals surface area contributed by atoms with E-state index >= 15 is 0 Å². The molecule has 0 fully saturated rings. The van der Waals surface area contributed by atoms with E-state index in [9.17, 15) is 4.79 Å². The molecule has 5 heteroatoms. The van der Waals surface area contributed by atoms with Crippen molar-refractivity contribution < 1.29 is 9.53 Å². The van der Waals surface area contributed by atoms with Gasteiger partial charge in [-0.3, -0.25) is 4.79 Å². The number of imidazole rings is 1. The predicted octanol–water partition coefficient (Wildman–Crippen LogP) is 3.47. The summed E-state index contributed by atoms with van der Waals surface area (Å²) in [6.45, 7) is 0.461. The van der Waals surface area contributed by atoms with Crippen molar-refractivity contribution in [2.24, 2.45) is 0 Å². The van der Waals surface area contributed by atoms with Crippen LogP contribution in [0.25, 0.3) is 5.65 Å². The molecule has 0 spiro atoms. The van der Waals surface area contributed by atoms with Gasteiger partial charge in [-0.25, -0.2) is 4.98 Å². The minimum atomic E-state index is 0.0794. The van der Waals surface area contributed by atoms with Gasteiger partial charge in [0.2, 0.25) is 5.91 Å². The Bertz CT molecular complexity index is 899. The summed E-state index contributed by atoms with van der Waals surface area (Å²) in [5.41, 5.74) is 4.37. The number of carbonyl (C=O) groups excluding carboxylic acids is 1. The lowest BCUT2D eigenvalue weighted by Crippen LogP contribution is -2.26. The van der Waals surface area contributed by atoms with Gasteiger partial charge in [0.15, 0.2) is 0 Å². The highest BCUT2D eigenvalue weighted by molar-refractivity contribution is 5.77. The van der Waals surface area contributed by atoms with E-state index in [4.69, 9.17) is 4.74 Å². The van der Waals surface area contributed by atoms with Crippen molar-refractivity contribution in [1.82, 2.24) is 14.7 Å². The van der Waals surface area contributed by atoms with Crippen LogP contribution >= 0.6 is 0 Å². The number of fused-ring (bicyclic) bond motifs is 2. The van der Waals surface area contributed by atoms with E-state index < -0.39 is 0 Å². The number of rotatable bonds is 5. The molecular formula is C21H23N3O2. The van der Waals surface area contributed by atoms with Crippen molar-refractivity contribution in [2.45, 2.75) is 38.1 Å². The molecule has 4 rings (SSSR count). The average Bonchev–Trinajstić information content (AvgIpc) is 3.09. The Morgan fingerprint density at radius 1 is 1.35 bits per heavy atom. The molecule has 2 aromatic heterocycles. The highest BCUT2D eigenvalue weighted by Gasteiger charge is 2.23. The lowest BCUT2D eigenvalue weighted by Gasteiger charge is -2.25. The molecule has 1 aliphatic rings. The lowest BCUT2D eigenvalue weighted by molar-refractivity contribution is -0.121. The van der Waals surface area contributed by atoms with E-state index in [1.807, 2.05) is 41.1 Å². The molecule has 0 radical (unpaired) electrons. The van der Waals surface area contributed by atoms with Gasteiger partial charge >= 0.3 is 0 Å². The van der Waals surface area contributed by atoms with Crippen LogP contribution in [0, 0.1) is 0 Å². The zero-order valence-corrected chi connectivity index (χ0v) is 14.9. The molecule has 0 aliphatic heterocycles. The molecule has 0 saturated carbocycles. The number of methoxy groups -OCH3 is 1. The highest BCUT2D eigenvalue weighted by atomic mass is 16.5. The van der Waals surface area contributed by atoms with Crippen molar-refractivity contribution in [3.63, 3.8) is 0 Å². The Balaban J connectivity index is 1.39. The minimum absolute atomic E-state index is 0.0794. The minimum Gasteiger partial charge on any atom is -0.497 e. The number of nitrogens with one attached hydrogen (secondary N) is 1. The molecule has 0 bridgehead atoms. The molecule has 5 nitrogen and oxygen atoms in total. The second-order valence-corrected chi connectivity index (χ2v) is 6.83. The fraction of sp³-hybridized carbons (Fsp3) is 0.333. The van der Waals surface area contributed by atoms with Gasteiger partial charge in [0, 0.05) is 18.8 Å². The molecule has 1 amide bonds. The third-order valence-electron chi connectivity index (χ3n) is 5.10. The predicted molar refractivity (Wildman–Crippen MR) is 100 cm³/mol. The number of benzene rings is 1. The van der Waals surface area contributed by atoms with Crippen LogP contribution in [0.2, 0.25) is 0 Å². The quantitative estimate of drug-likeness (QED) is 0.767. The van der Waals surface area contributed by atoms with Gasteiger partial charge in [0.25, 0.3) is 0 Å². The standard InChI is InChI=1S/C21H23N3O2/c1-26-18-8-9-19-15(11-18)5-4-6-16(19)12-21(25)22-13-17-14-24-10-3-2-7-20(24)23-17/h2-3,7-11,14,16H,4-6,12-13H2,1H3,(H,22,25)/t16-/m0/s1. The number of aromatic nitrogens is 2. The van der Waals surface area contributed by atoms with E-state index in [0.717, 1.165) is 36.4 Å². The number of nitrogens with zero attached hydrogens (tertiary/aromatic N) is 2. The maximum absolute atomic E-state index is 12.5. The SMILES string of the molecule is COc1ccc2c(c1)CCC[C@H]2CC(=O)NCc1cn2ccccc2n1. The summed E-state index contributed by atoms with van der Waals surface area (Å²) in [4.78, 5) is 17.0. The van der Waals surface area contributed by atoms with E-state index in [1.54, 1.807) is 7.11 Å². The van der Waals surface area contributed by atoms with Gasteiger partial charge < -0.3 is 14.5 Å². The molecule has 0 unspecified atom stereocenters. The monoisotopic (exact) mass is 349 g/mol. The molecule has 1 atom stereocenters. The fourth-order valence-corrected chi connectivity index (χ4v) is 3.79. The van der Waals surface area contributed by atoms with E-state index in [0.29, 0.717) is 13.0 Å². The molecule has 3 aromatic rings. The van der Waals surface area contributed by atoms with Crippen LogP contribution in [0.3, 0.4) is 0 Å². The van der Waals surface area contributed by atoms with Gasteiger partial charge in [-0.1, -0.05) is 12.1 Å². The first-order valence-electron chi connectivity index (χ1n) is 9.09. The summed E-state index contributed by atoms with van der Waals surface area (Å²) in [5.74, 6) is 1.25. The molecule has 1 aliphatic carbocycles. The van der Waals surface area contributed by atoms with Crippen molar-refractivity contribution in [3.8, 4) is 5.75 Å². The van der Waals surface area contributed by atoms with E-state index in [1.165, 1.54) is 11.1 Å². The number of pyridine rings is 1. The number of carbonyl (C=O) groups is 1. The first kappa shape index (κ1) is 16.6. The van der Waals surface area contributed by atoms with Crippen molar-refractivity contribution in [1.29, 1.82) is 0 Å². The second kappa shape index (κ2) is 7.20. The normalized spacial score (nSPS) is 16.3. The summed E-state index contributed by atoms with van der Waals surface area (Å²) in [7, 11) is 1.69. The lowest BCUT2D eigenvalue weighted by atomic mass is 9.81. The molecule has 2 heterocycles. The largest absolute Gasteiger partial charge is 0.497 e. The van der Waals surface area contributed by atoms with Crippen LogP contribution in [0.1, 0.15) is 42.0 Å². The van der Waals surface area contributed by atoms with Crippen molar-refractivity contribution in [3.05, 3.63) is 65.6 Å². The van der Waals surface area contributed by atoms with Crippen molar-refractivity contribution in [2.75, 3.05) is 7.11 Å². The topological polar surface area (TPSA) is 55.6 Å². The number of amides is 1. The third-order valence-corrected chi connectivity index (χ3v) is 5.10. The van der Waals surface area contributed by atoms with E-state index in [2.05, 4.69) is 22.4 Å². The number of aryl methyl sites for hydroxylation is 1. The smallest absolute Gasteiger partial charge is 0.220 e. The number of ether oxygens (including phenoxy) is 1. The Kier molecular flexibility index (Phi) is 4.61. The Morgan fingerprint density at radius 2 is 2.27 bits per heavy atom. The van der Waals surface area contributed by atoms with Crippen LogP contribution in [0.5, 0.6) is 5.75 Å². The third kappa shape index (κ3) is 3.43. The highest BCUT2D eigenvalue weighted by Crippen LogP contribution is 2.35. The summed E-state index contributed by atoms with van der Waals surface area (Å²) in [6, 6.07) is 12.1. The van der Waals surface area contributed by atoms with Gasteiger partial charge in [-0.05, 0) is 60.6 Å². The first-order chi connectivity index (χ1) is 12.7. The van der Waals surface area contributed by atoms with Crippen LogP contribution < -0.4 is 10.1 Å². The van der Waals surface area contributed by atoms with Gasteiger partial charge in [-0.2, -0.15) is 0 Å². The summed E-state index contributed by atoms with van der Waals surface area (Å²) >= 11 is 0. The van der Waals surface area contributed by atoms with Crippen LogP contribution in [0.4, 0.5) is 0 Å². The Hall–Kier alpha value is -2.82. The number of hydrogen-bond donors (Lipinski definition) is 1. The fourth-order valence-electron chi connectivity index (χ4n) is 3.79. The molecule has 26 heavy (non-hydrogen) atoms. The summed E-state index contributed by atoms with van der Waals surface area (Å²) in [5, 5.41) is 3.02. The maximum Gasteiger partial charge on any atom is 0.220 e. The zero-order valence-electron chi connectivity index (χ0n) is 14.9. The Labute approximate surface area is 153 Å². The first-order valence-corrected chi connectivity index (χ1v) is 9.09. The van der Waals surface area contributed by atoms with Gasteiger partial charge in [0.1, 0.15) is 11.4 Å². The molecule has 1 N–H and O–H groups in total. The van der Waals surface area contributed by atoms with Gasteiger partial charge in [-0.15, -0.1) is 0 Å². The second-order valence-electron chi connectivity index (χ2n) is 6.83. The molecule has 0 saturated heterocycles.